The number of aromatic carboxylic acids is 1. The Hall–Kier alpha value is -2.57. The Bertz CT molecular complexity index is 488. The Morgan fingerprint density at radius 3 is 2.53 bits per heavy atom. The molecule has 7 heteroatoms. The van der Waals surface area contributed by atoms with Crippen LogP contribution in [0.1, 0.15) is 23.2 Å². The first kappa shape index (κ1) is 14.5. The van der Waals surface area contributed by atoms with Crippen molar-refractivity contribution in [1.29, 1.82) is 0 Å². The minimum atomic E-state index is -1.12. The number of benzene rings is 1. The largest absolute Gasteiger partial charge is 0.478 e. The van der Waals surface area contributed by atoms with E-state index in [1.54, 1.807) is 12.1 Å². The number of nitrogens with one attached hydrogen (secondary N) is 2. The lowest BCUT2D eigenvalue weighted by molar-refractivity contribution is -0.118. The van der Waals surface area contributed by atoms with Gasteiger partial charge in [-0.1, -0.05) is 12.1 Å². The van der Waals surface area contributed by atoms with Crippen molar-refractivity contribution in [3.63, 3.8) is 0 Å². The number of carbonyl (C=O) groups excluding carboxylic acids is 2. The second-order valence-electron chi connectivity index (χ2n) is 3.80. The molecule has 0 fully saturated rings. The molecule has 0 unspecified atom stereocenters. The summed E-state index contributed by atoms with van der Waals surface area (Å²) in [5, 5.41) is 13.9. The van der Waals surface area contributed by atoms with Gasteiger partial charge >= 0.3 is 12.0 Å². The molecular weight excluding hydrogens is 250 g/mol. The molecule has 7 nitrogen and oxygen atoms in total. The van der Waals surface area contributed by atoms with E-state index < -0.39 is 17.9 Å². The normalized spacial score (nSPS) is 9.68. The summed E-state index contributed by atoms with van der Waals surface area (Å²) in [5.41, 5.74) is 5.17. The summed E-state index contributed by atoms with van der Waals surface area (Å²) >= 11 is 0. The summed E-state index contributed by atoms with van der Waals surface area (Å²) in [6, 6.07) is 5.55. The number of urea groups is 1. The number of carboxylic acid groups (broad SMARTS) is 1. The number of primary amides is 1. The number of carbonyl (C=O) groups is 3. The lowest BCUT2D eigenvalue weighted by atomic mass is 10.2. The number of para-hydroxylation sites is 1. The highest BCUT2D eigenvalue weighted by molar-refractivity contribution is 5.99. The van der Waals surface area contributed by atoms with Gasteiger partial charge in [0.2, 0.25) is 5.91 Å². The van der Waals surface area contributed by atoms with E-state index in [2.05, 4.69) is 10.6 Å². The van der Waals surface area contributed by atoms with E-state index in [-0.39, 0.29) is 24.2 Å². The maximum absolute atomic E-state index is 11.5. The first-order chi connectivity index (χ1) is 9.00. The molecule has 0 bridgehead atoms. The third-order valence-electron chi connectivity index (χ3n) is 2.29. The maximum atomic E-state index is 11.5. The maximum Gasteiger partial charge on any atom is 0.337 e. The molecule has 1 rings (SSSR count). The number of amides is 3. The number of nitrogens with two attached hydrogens (primary N) is 1. The van der Waals surface area contributed by atoms with Crippen molar-refractivity contribution in [3.8, 4) is 0 Å². The lowest BCUT2D eigenvalue weighted by Crippen LogP contribution is -2.30. The van der Waals surface area contributed by atoms with E-state index in [1.165, 1.54) is 12.1 Å². The van der Waals surface area contributed by atoms with Gasteiger partial charge in [0.15, 0.2) is 0 Å². The molecule has 0 spiro atoms. The molecule has 5 N–H and O–H groups in total. The summed E-state index contributed by atoms with van der Waals surface area (Å²) < 4.78 is 0. The van der Waals surface area contributed by atoms with Gasteiger partial charge < -0.3 is 21.5 Å². The van der Waals surface area contributed by atoms with E-state index in [4.69, 9.17) is 10.8 Å². The average molecular weight is 265 g/mol. The van der Waals surface area contributed by atoms with Crippen LogP contribution in [0.3, 0.4) is 0 Å². The van der Waals surface area contributed by atoms with Gasteiger partial charge in [-0.3, -0.25) is 4.79 Å². The van der Waals surface area contributed by atoms with Gasteiger partial charge in [0.05, 0.1) is 11.3 Å². The predicted molar refractivity (Wildman–Crippen MR) is 68.9 cm³/mol. The fourth-order valence-corrected chi connectivity index (χ4v) is 1.41. The summed E-state index contributed by atoms with van der Waals surface area (Å²) in [7, 11) is 0. The zero-order valence-electron chi connectivity index (χ0n) is 10.2. The van der Waals surface area contributed by atoms with Gasteiger partial charge in [-0.25, -0.2) is 9.59 Å². The summed E-state index contributed by atoms with van der Waals surface area (Å²) in [6.45, 7) is 0.282. The highest BCUT2D eigenvalue weighted by Gasteiger charge is 2.11. The monoisotopic (exact) mass is 265 g/mol. The minimum Gasteiger partial charge on any atom is -0.478 e. The molecular formula is C12H15N3O4. The van der Waals surface area contributed by atoms with Crippen LogP contribution in [0.4, 0.5) is 10.5 Å². The van der Waals surface area contributed by atoms with Crippen LogP contribution in [0, 0.1) is 0 Å². The molecule has 0 radical (unpaired) electrons. The molecule has 0 aliphatic carbocycles. The van der Waals surface area contributed by atoms with Crippen LogP contribution in [0.15, 0.2) is 24.3 Å². The third kappa shape index (κ3) is 5.07. The van der Waals surface area contributed by atoms with Crippen molar-refractivity contribution in [2.45, 2.75) is 12.8 Å². The Kier molecular flexibility index (Phi) is 5.34. The van der Waals surface area contributed by atoms with Crippen molar-refractivity contribution < 1.29 is 19.5 Å². The molecule has 0 aliphatic rings. The number of hydrogen-bond donors (Lipinski definition) is 4. The van der Waals surface area contributed by atoms with Crippen LogP contribution in [-0.4, -0.2) is 29.6 Å². The molecule has 1 aromatic rings. The lowest BCUT2D eigenvalue weighted by Gasteiger charge is -2.09. The minimum absolute atomic E-state index is 0.00906. The van der Waals surface area contributed by atoms with Gasteiger partial charge in [0.25, 0.3) is 0 Å². The molecule has 102 valence electrons. The Balaban J connectivity index is 2.48. The first-order valence-corrected chi connectivity index (χ1v) is 5.66. The van der Waals surface area contributed by atoms with Crippen LogP contribution < -0.4 is 16.4 Å². The van der Waals surface area contributed by atoms with E-state index in [0.29, 0.717) is 6.42 Å². The molecule has 0 aliphatic heterocycles. The topological polar surface area (TPSA) is 122 Å². The van der Waals surface area contributed by atoms with E-state index >= 15 is 0 Å². The van der Waals surface area contributed by atoms with E-state index in [9.17, 15) is 14.4 Å². The standard InChI is InChI=1S/C12H15N3O4/c13-10(16)6-3-7-14-12(19)15-9-5-2-1-4-8(9)11(17)18/h1-2,4-5H,3,6-7H2,(H2,13,16)(H,17,18)(H2,14,15,19). The fraction of sp³-hybridized carbons (Fsp3) is 0.250. The molecule has 1 aromatic carbocycles. The highest BCUT2D eigenvalue weighted by atomic mass is 16.4. The summed E-state index contributed by atoms with van der Waals surface area (Å²) in [6.07, 6.45) is 0.620. The van der Waals surface area contributed by atoms with Crippen LogP contribution in [-0.2, 0) is 4.79 Å². The number of rotatable bonds is 6. The number of carboxylic acids is 1. The molecule has 0 aromatic heterocycles. The van der Waals surface area contributed by atoms with Gasteiger partial charge in [-0.05, 0) is 18.6 Å². The van der Waals surface area contributed by atoms with Gasteiger partial charge in [0.1, 0.15) is 0 Å². The molecule has 0 heterocycles. The molecule has 0 saturated carbocycles. The van der Waals surface area contributed by atoms with Gasteiger partial charge in [-0.2, -0.15) is 0 Å². The van der Waals surface area contributed by atoms with Gasteiger partial charge in [-0.15, -0.1) is 0 Å². The van der Waals surface area contributed by atoms with Gasteiger partial charge in [0, 0.05) is 13.0 Å². The quantitative estimate of drug-likeness (QED) is 0.567. The summed E-state index contributed by atoms with van der Waals surface area (Å²) in [5.74, 6) is -1.55. The zero-order chi connectivity index (χ0) is 14.3. The summed E-state index contributed by atoms with van der Waals surface area (Å²) in [4.78, 5) is 32.9. The Morgan fingerprint density at radius 1 is 1.21 bits per heavy atom. The molecule has 0 atom stereocenters. The second-order valence-corrected chi connectivity index (χ2v) is 3.80. The van der Waals surface area contributed by atoms with Crippen LogP contribution >= 0.6 is 0 Å². The Morgan fingerprint density at radius 2 is 1.89 bits per heavy atom. The van der Waals surface area contributed by atoms with Crippen molar-refractivity contribution in [1.82, 2.24) is 5.32 Å². The molecule has 0 saturated heterocycles. The molecule has 3 amide bonds. The van der Waals surface area contributed by atoms with Crippen LogP contribution in [0.25, 0.3) is 0 Å². The number of anilines is 1. The van der Waals surface area contributed by atoms with Crippen molar-refractivity contribution in [2.24, 2.45) is 5.73 Å². The van der Waals surface area contributed by atoms with Crippen LogP contribution in [0.5, 0.6) is 0 Å². The first-order valence-electron chi connectivity index (χ1n) is 5.66. The van der Waals surface area contributed by atoms with Crippen molar-refractivity contribution in [3.05, 3.63) is 29.8 Å². The smallest absolute Gasteiger partial charge is 0.337 e. The predicted octanol–water partition coefficient (Wildman–Crippen LogP) is 0.772. The third-order valence-corrected chi connectivity index (χ3v) is 2.29. The Labute approximate surface area is 109 Å². The SMILES string of the molecule is NC(=O)CCCNC(=O)Nc1ccccc1C(=O)O. The average Bonchev–Trinajstić information content (AvgIpc) is 2.35. The van der Waals surface area contributed by atoms with Crippen molar-refractivity contribution in [2.75, 3.05) is 11.9 Å². The van der Waals surface area contributed by atoms with E-state index in [1.807, 2.05) is 0 Å². The fourth-order valence-electron chi connectivity index (χ4n) is 1.41. The zero-order valence-corrected chi connectivity index (χ0v) is 10.2. The van der Waals surface area contributed by atoms with Crippen LogP contribution in [0.2, 0.25) is 0 Å². The second kappa shape index (κ2) is 7.00. The number of hydrogen-bond acceptors (Lipinski definition) is 3. The van der Waals surface area contributed by atoms with E-state index in [0.717, 1.165) is 0 Å². The molecule has 19 heavy (non-hydrogen) atoms. The van der Waals surface area contributed by atoms with Crippen molar-refractivity contribution >= 4 is 23.6 Å². The highest BCUT2D eigenvalue weighted by Crippen LogP contribution is 2.14.